The van der Waals surface area contributed by atoms with Gasteiger partial charge in [-0.05, 0) is 32.1 Å². The van der Waals surface area contributed by atoms with Gasteiger partial charge >= 0.3 is 0 Å². The van der Waals surface area contributed by atoms with Crippen LogP contribution >= 0.6 is 15.9 Å². The smallest absolute Gasteiger partial charge is 0.0175 e. The van der Waals surface area contributed by atoms with Crippen molar-refractivity contribution in [3.8, 4) is 0 Å². The molecule has 82 valence electrons. The zero-order chi connectivity index (χ0) is 11.2. The van der Waals surface area contributed by atoms with Crippen molar-refractivity contribution in [1.82, 2.24) is 5.32 Å². The number of hydrogen-bond donors (Lipinski definition) is 1. The third-order valence-corrected chi connectivity index (χ3v) is 1.76. The van der Waals surface area contributed by atoms with Crippen molar-refractivity contribution in [2.24, 2.45) is 0 Å². The summed E-state index contributed by atoms with van der Waals surface area (Å²) in [5, 5.41) is 3.02. The molecule has 0 aromatic heterocycles. The van der Waals surface area contributed by atoms with E-state index in [0.717, 1.165) is 11.0 Å². The minimum atomic E-state index is 1.13. The highest BCUT2D eigenvalue weighted by atomic mass is 79.9. The summed E-state index contributed by atoms with van der Waals surface area (Å²) in [6.45, 7) is 7.29. The van der Waals surface area contributed by atoms with Crippen LogP contribution in [0.1, 0.15) is 27.2 Å². The molecule has 0 aliphatic carbocycles. The maximum atomic E-state index is 3.31. The van der Waals surface area contributed by atoms with Gasteiger partial charge in [0, 0.05) is 4.47 Å². The molecule has 1 rings (SSSR count). The quantitative estimate of drug-likeness (QED) is 0.844. The van der Waals surface area contributed by atoms with Gasteiger partial charge in [0.15, 0.2) is 0 Å². The maximum absolute atomic E-state index is 3.31. The van der Waals surface area contributed by atoms with E-state index in [1.165, 1.54) is 6.42 Å². The van der Waals surface area contributed by atoms with E-state index in [0.29, 0.717) is 0 Å². The largest absolute Gasteiger partial charge is 0.320 e. The second-order valence-electron chi connectivity index (χ2n) is 2.40. The molecular weight excluding hydrogens is 238 g/mol. The molecule has 0 spiro atoms. The van der Waals surface area contributed by atoms with Crippen LogP contribution in [-0.4, -0.2) is 13.6 Å². The van der Waals surface area contributed by atoms with E-state index < -0.39 is 0 Å². The van der Waals surface area contributed by atoms with Crippen molar-refractivity contribution in [3.63, 3.8) is 0 Å². The van der Waals surface area contributed by atoms with Crippen molar-refractivity contribution in [2.45, 2.75) is 27.2 Å². The summed E-state index contributed by atoms with van der Waals surface area (Å²) in [5.74, 6) is 0. The van der Waals surface area contributed by atoms with Crippen LogP contribution in [0.2, 0.25) is 0 Å². The molecule has 1 aromatic carbocycles. The topological polar surface area (TPSA) is 12.0 Å². The first-order valence-corrected chi connectivity index (χ1v) is 5.95. The Bertz CT molecular complexity index is 173. The van der Waals surface area contributed by atoms with Gasteiger partial charge in [-0.15, -0.1) is 0 Å². The van der Waals surface area contributed by atoms with E-state index in [1.54, 1.807) is 0 Å². The Morgan fingerprint density at radius 1 is 1.14 bits per heavy atom. The summed E-state index contributed by atoms with van der Waals surface area (Å²) in [4.78, 5) is 0. The molecule has 0 radical (unpaired) electrons. The van der Waals surface area contributed by atoms with Crippen LogP contribution in [0.15, 0.2) is 34.8 Å². The fourth-order valence-electron chi connectivity index (χ4n) is 0.665. The lowest BCUT2D eigenvalue weighted by Gasteiger charge is -1.84. The normalized spacial score (nSPS) is 7.79. The van der Waals surface area contributed by atoms with Gasteiger partial charge in [0.1, 0.15) is 0 Å². The molecule has 1 N–H and O–H groups in total. The van der Waals surface area contributed by atoms with Gasteiger partial charge in [-0.2, -0.15) is 0 Å². The zero-order valence-electron chi connectivity index (χ0n) is 9.68. The van der Waals surface area contributed by atoms with Gasteiger partial charge in [0.2, 0.25) is 0 Å². The monoisotopic (exact) mass is 259 g/mol. The van der Waals surface area contributed by atoms with Crippen LogP contribution in [0.25, 0.3) is 0 Å². The fourth-order valence-corrected chi connectivity index (χ4v) is 0.970. The average Bonchev–Trinajstić information content (AvgIpc) is 2.24. The Hall–Kier alpha value is -0.340. The first kappa shape index (κ1) is 16.1. The molecule has 0 saturated heterocycles. The van der Waals surface area contributed by atoms with Crippen LogP contribution in [0.5, 0.6) is 0 Å². The van der Waals surface area contributed by atoms with E-state index in [4.69, 9.17) is 0 Å². The van der Waals surface area contributed by atoms with Crippen molar-refractivity contribution < 1.29 is 0 Å². The van der Waals surface area contributed by atoms with E-state index in [1.807, 2.05) is 51.2 Å². The van der Waals surface area contributed by atoms with Gasteiger partial charge in [-0.3, -0.25) is 0 Å². The molecule has 0 unspecified atom stereocenters. The number of nitrogens with one attached hydrogen (secondary N) is 1. The molecule has 2 heteroatoms. The summed E-state index contributed by atoms with van der Waals surface area (Å²) >= 11 is 3.31. The van der Waals surface area contributed by atoms with Crippen LogP contribution in [0.3, 0.4) is 0 Å². The van der Waals surface area contributed by atoms with Gasteiger partial charge in [-0.1, -0.05) is 54.9 Å². The summed E-state index contributed by atoms with van der Waals surface area (Å²) < 4.78 is 1.13. The van der Waals surface area contributed by atoms with E-state index in [2.05, 4.69) is 28.2 Å². The molecule has 1 aromatic rings. The molecule has 0 amide bonds. The first-order valence-electron chi connectivity index (χ1n) is 5.16. The number of benzene rings is 1. The zero-order valence-corrected chi connectivity index (χ0v) is 11.3. The molecule has 0 bridgehead atoms. The van der Waals surface area contributed by atoms with Crippen molar-refractivity contribution in [3.05, 3.63) is 34.8 Å². The molecule has 14 heavy (non-hydrogen) atoms. The molecule has 0 saturated carbocycles. The number of hydrogen-bond acceptors (Lipinski definition) is 1. The Balaban J connectivity index is 0. The molecule has 0 aliphatic heterocycles. The molecule has 0 fully saturated rings. The third-order valence-electron chi connectivity index (χ3n) is 1.23. The van der Waals surface area contributed by atoms with Crippen molar-refractivity contribution in [1.29, 1.82) is 0 Å². The van der Waals surface area contributed by atoms with Gasteiger partial charge < -0.3 is 5.32 Å². The Labute approximate surface area is 97.1 Å². The Kier molecular flexibility index (Phi) is 17.4. The highest BCUT2D eigenvalue weighted by Crippen LogP contribution is 2.05. The lowest BCUT2D eigenvalue weighted by Crippen LogP contribution is -2.04. The third kappa shape index (κ3) is 14.2. The summed E-state index contributed by atoms with van der Waals surface area (Å²) in [5.41, 5.74) is 0. The minimum Gasteiger partial charge on any atom is -0.320 e. The predicted molar refractivity (Wildman–Crippen MR) is 69.7 cm³/mol. The minimum absolute atomic E-state index is 1.13. The van der Waals surface area contributed by atoms with E-state index >= 15 is 0 Å². The molecule has 0 aliphatic rings. The van der Waals surface area contributed by atoms with E-state index in [-0.39, 0.29) is 0 Å². The van der Waals surface area contributed by atoms with Crippen LogP contribution < -0.4 is 5.32 Å². The second kappa shape index (κ2) is 15.1. The molecule has 0 atom stereocenters. The van der Waals surface area contributed by atoms with Crippen LogP contribution in [-0.2, 0) is 0 Å². The van der Waals surface area contributed by atoms with Crippen LogP contribution in [0, 0.1) is 0 Å². The first-order chi connectivity index (χ1) is 6.81. The second-order valence-corrected chi connectivity index (χ2v) is 3.31. The van der Waals surface area contributed by atoms with Crippen LogP contribution in [0.4, 0.5) is 0 Å². The molecular formula is C12H22BrN. The predicted octanol–water partition coefficient (Wildman–Crippen LogP) is 4.09. The lowest BCUT2D eigenvalue weighted by molar-refractivity contribution is 0.772. The fraction of sp³-hybridized carbons (Fsp3) is 0.500. The van der Waals surface area contributed by atoms with Crippen molar-refractivity contribution >= 4 is 15.9 Å². The van der Waals surface area contributed by atoms with E-state index in [9.17, 15) is 0 Å². The Morgan fingerprint density at radius 3 is 1.79 bits per heavy atom. The molecule has 1 nitrogen and oxygen atoms in total. The average molecular weight is 260 g/mol. The number of halogens is 1. The standard InChI is InChI=1S/C6H5Br.C4H11N.C2H6/c7-6-4-2-1-3-5-6;1-3-4-5-2;1-2/h1-5H;5H,3-4H2,1-2H3;1-2H3. The van der Waals surface area contributed by atoms with Crippen molar-refractivity contribution in [2.75, 3.05) is 13.6 Å². The lowest BCUT2D eigenvalue weighted by atomic mass is 10.4. The van der Waals surface area contributed by atoms with Gasteiger partial charge in [-0.25, -0.2) is 0 Å². The summed E-state index contributed by atoms with van der Waals surface area (Å²) in [7, 11) is 1.96. The van der Waals surface area contributed by atoms with Gasteiger partial charge in [0.05, 0.1) is 0 Å². The van der Waals surface area contributed by atoms with Gasteiger partial charge in [0.25, 0.3) is 0 Å². The Morgan fingerprint density at radius 2 is 1.64 bits per heavy atom. The SMILES string of the molecule is Brc1ccccc1.CC.CCCNC. The summed E-state index contributed by atoms with van der Waals surface area (Å²) in [6, 6.07) is 9.97. The summed E-state index contributed by atoms with van der Waals surface area (Å²) in [6.07, 6.45) is 1.23. The molecule has 0 heterocycles. The maximum Gasteiger partial charge on any atom is 0.0175 e. The highest BCUT2D eigenvalue weighted by Gasteiger charge is 1.74. The highest BCUT2D eigenvalue weighted by molar-refractivity contribution is 9.10. The number of rotatable bonds is 2.